The van der Waals surface area contributed by atoms with E-state index in [1.807, 2.05) is 6.92 Å². The van der Waals surface area contributed by atoms with Crippen LogP contribution in [0.5, 0.6) is 0 Å². The molecule has 32 heavy (non-hydrogen) atoms. The first kappa shape index (κ1) is 24.0. The van der Waals surface area contributed by atoms with Crippen LogP contribution < -0.4 is 10.6 Å². The number of hydrogen-bond donors (Lipinski definition) is 2. The molecule has 0 radical (unpaired) electrons. The van der Waals surface area contributed by atoms with Crippen LogP contribution in [0.3, 0.4) is 0 Å². The quantitative estimate of drug-likeness (QED) is 0.423. The number of hydrogen-bond acceptors (Lipinski definition) is 6. The number of nitrogens with zero attached hydrogens (tertiary/aromatic N) is 1. The molecule has 0 aliphatic carbocycles. The van der Waals surface area contributed by atoms with E-state index in [-0.39, 0.29) is 30.3 Å². The van der Waals surface area contributed by atoms with E-state index < -0.39 is 30.3 Å². The number of halogens is 1. The molecule has 0 spiro atoms. The van der Waals surface area contributed by atoms with Gasteiger partial charge in [0.25, 0.3) is 5.91 Å². The van der Waals surface area contributed by atoms with Crippen LogP contribution in [-0.2, 0) is 23.9 Å². The van der Waals surface area contributed by atoms with Gasteiger partial charge in [-0.25, -0.2) is 0 Å². The Balaban J connectivity index is 1.54. The van der Waals surface area contributed by atoms with Crippen LogP contribution in [-0.4, -0.2) is 66.7 Å². The maximum atomic E-state index is 12.9. The molecule has 0 aromatic heterocycles. The Morgan fingerprint density at radius 3 is 2.81 bits per heavy atom. The zero-order valence-electron chi connectivity index (χ0n) is 18.0. The molecule has 2 N–H and O–H groups in total. The Bertz CT molecular complexity index is 864. The zero-order valence-corrected chi connectivity index (χ0v) is 18.7. The van der Waals surface area contributed by atoms with Gasteiger partial charge in [0.2, 0.25) is 18.1 Å². The lowest BCUT2D eigenvalue weighted by atomic mass is 10.1. The third-order valence-electron chi connectivity index (χ3n) is 5.46. The average Bonchev–Trinajstić information content (AvgIpc) is 3.39. The Morgan fingerprint density at radius 2 is 2.06 bits per heavy atom. The third kappa shape index (κ3) is 5.98. The van der Waals surface area contributed by atoms with Gasteiger partial charge < -0.3 is 25.0 Å². The van der Waals surface area contributed by atoms with Gasteiger partial charge in [-0.05, 0) is 31.4 Å². The molecular weight excluding hydrogens is 438 g/mol. The zero-order chi connectivity index (χ0) is 23.1. The van der Waals surface area contributed by atoms with E-state index in [1.54, 1.807) is 24.3 Å². The lowest BCUT2D eigenvalue weighted by molar-refractivity contribution is -0.165. The van der Waals surface area contributed by atoms with E-state index in [0.717, 1.165) is 12.8 Å². The fourth-order valence-electron chi connectivity index (χ4n) is 3.76. The second-order valence-corrected chi connectivity index (χ2v) is 8.22. The number of nitrogens with one attached hydrogen (secondary N) is 2. The summed E-state index contributed by atoms with van der Waals surface area (Å²) in [5, 5.41) is 5.65. The lowest BCUT2D eigenvalue weighted by Crippen LogP contribution is -2.52. The molecule has 0 saturated carbocycles. The Morgan fingerprint density at radius 1 is 1.28 bits per heavy atom. The van der Waals surface area contributed by atoms with E-state index in [1.165, 1.54) is 4.90 Å². The summed E-state index contributed by atoms with van der Waals surface area (Å²) >= 11 is 6.02. The number of likely N-dealkylation sites (tertiary alicyclic amines) is 1. The molecular formula is C22H28ClN3O6. The first-order valence-electron chi connectivity index (χ1n) is 10.8. The normalized spacial score (nSPS) is 22.5. The predicted octanol–water partition coefficient (Wildman–Crippen LogP) is 1.64. The number of unbranched alkanes of at least 4 members (excludes halogenated alkanes) is 1. The summed E-state index contributed by atoms with van der Waals surface area (Å²) in [6.07, 6.45) is 2.12. The van der Waals surface area contributed by atoms with Gasteiger partial charge in [0, 0.05) is 6.54 Å². The summed E-state index contributed by atoms with van der Waals surface area (Å²) in [6, 6.07) is 5.28. The van der Waals surface area contributed by atoms with E-state index in [2.05, 4.69) is 10.6 Å². The molecule has 174 valence electrons. The number of rotatable bonds is 9. The van der Waals surface area contributed by atoms with Crippen molar-refractivity contribution >= 4 is 35.3 Å². The van der Waals surface area contributed by atoms with Gasteiger partial charge in [0.15, 0.2) is 0 Å². The number of amides is 3. The maximum Gasteiger partial charge on any atom is 0.310 e. The van der Waals surface area contributed by atoms with Crippen molar-refractivity contribution < 1.29 is 28.7 Å². The molecule has 2 aliphatic heterocycles. The highest BCUT2D eigenvalue weighted by atomic mass is 35.5. The molecule has 10 heteroatoms. The van der Waals surface area contributed by atoms with Crippen LogP contribution >= 0.6 is 11.6 Å². The van der Waals surface area contributed by atoms with Crippen LogP contribution in [0, 0.1) is 0 Å². The summed E-state index contributed by atoms with van der Waals surface area (Å²) in [7, 11) is 0. The fourth-order valence-corrected chi connectivity index (χ4v) is 3.98. The molecule has 2 aliphatic rings. The lowest BCUT2D eigenvalue weighted by Gasteiger charge is -2.26. The highest BCUT2D eigenvalue weighted by Gasteiger charge is 2.40. The van der Waals surface area contributed by atoms with Gasteiger partial charge in [-0.1, -0.05) is 37.1 Å². The molecule has 2 heterocycles. The van der Waals surface area contributed by atoms with Crippen LogP contribution in [0.15, 0.2) is 24.3 Å². The summed E-state index contributed by atoms with van der Waals surface area (Å²) in [5.74, 6) is -1.62. The summed E-state index contributed by atoms with van der Waals surface area (Å²) in [5.41, 5.74) is 0.276. The van der Waals surface area contributed by atoms with E-state index in [4.69, 9.17) is 21.1 Å². The van der Waals surface area contributed by atoms with Crippen molar-refractivity contribution in [2.75, 3.05) is 19.7 Å². The highest BCUT2D eigenvalue weighted by Crippen LogP contribution is 2.21. The molecule has 3 atom stereocenters. The number of carbonyl (C=O) groups is 4. The molecule has 2 fully saturated rings. The van der Waals surface area contributed by atoms with Crippen molar-refractivity contribution in [3.63, 3.8) is 0 Å². The molecule has 0 bridgehead atoms. The number of ether oxygens (including phenoxy) is 2. The predicted molar refractivity (Wildman–Crippen MR) is 116 cm³/mol. The molecule has 3 amide bonds. The van der Waals surface area contributed by atoms with Gasteiger partial charge in [-0.2, -0.15) is 0 Å². The number of carbonyl (C=O) groups excluding carboxylic acids is 4. The third-order valence-corrected chi connectivity index (χ3v) is 5.79. The van der Waals surface area contributed by atoms with Crippen molar-refractivity contribution in [1.29, 1.82) is 0 Å². The van der Waals surface area contributed by atoms with E-state index in [0.29, 0.717) is 31.0 Å². The molecule has 3 rings (SSSR count). The smallest absolute Gasteiger partial charge is 0.310 e. The fraction of sp³-hybridized carbons (Fsp3) is 0.545. The Hall–Kier alpha value is -2.65. The number of esters is 1. The molecule has 1 aromatic carbocycles. The van der Waals surface area contributed by atoms with Crippen molar-refractivity contribution in [3.05, 3.63) is 34.9 Å². The summed E-state index contributed by atoms with van der Waals surface area (Å²) in [4.78, 5) is 51.0. The van der Waals surface area contributed by atoms with Gasteiger partial charge in [0.1, 0.15) is 12.1 Å². The van der Waals surface area contributed by atoms with Crippen LogP contribution in [0.1, 0.15) is 49.4 Å². The first-order chi connectivity index (χ1) is 15.4. The van der Waals surface area contributed by atoms with Crippen molar-refractivity contribution in [2.24, 2.45) is 0 Å². The van der Waals surface area contributed by atoms with Gasteiger partial charge in [-0.3, -0.25) is 19.2 Å². The molecule has 0 unspecified atom stereocenters. The van der Waals surface area contributed by atoms with Crippen molar-refractivity contribution in [1.82, 2.24) is 15.5 Å². The minimum atomic E-state index is -0.821. The highest BCUT2D eigenvalue weighted by molar-refractivity contribution is 6.33. The van der Waals surface area contributed by atoms with Gasteiger partial charge in [-0.15, -0.1) is 0 Å². The van der Waals surface area contributed by atoms with Crippen LogP contribution in [0.2, 0.25) is 5.02 Å². The minimum Gasteiger partial charge on any atom is -0.433 e. The van der Waals surface area contributed by atoms with Gasteiger partial charge in [0.05, 0.1) is 30.2 Å². The molecule has 2 saturated heterocycles. The molecule has 9 nitrogen and oxygen atoms in total. The van der Waals surface area contributed by atoms with Crippen molar-refractivity contribution in [2.45, 2.75) is 57.4 Å². The number of benzene rings is 1. The Kier molecular flexibility index (Phi) is 8.46. The molecule has 1 aromatic rings. The summed E-state index contributed by atoms with van der Waals surface area (Å²) < 4.78 is 10.7. The van der Waals surface area contributed by atoms with Crippen LogP contribution in [0.4, 0.5) is 0 Å². The van der Waals surface area contributed by atoms with Crippen LogP contribution in [0.25, 0.3) is 0 Å². The van der Waals surface area contributed by atoms with Crippen molar-refractivity contribution in [3.8, 4) is 0 Å². The summed E-state index contributed by atoms with van der Waals surface area (Å²) in [6.45, 7) is 2.61. The van der Waals surface area contributed by atoms with Gasteiger partial charge >= 0.3 is 5.97 Å². The second-order valence-electron chi connectivity index (χ2n) is 7.81. The number of cyclic esters (lactones) is 1. The van der Waals surface area contributed by atoms with E-state index >= 15 is 0 Å². The topological polar surface area (TPSA) is 114 Å². The monoisotopic (exact) mass is 465 g/mol. The largest absolute Gasteiger partial charge is 0.433 e. The Labute approximate surface area is 191 Å². The SMILES string of the molecule is CCCCO[C@H]1OC(=O)C[C@@H]1NC(=O)[C@@H]1CCCN1C(=O)CNC(=O)c1ccccc1Cl. The minimum absolute atomic E-state index is 0.0249. The van der Waals surface area contributed by atoms with E-state index in [9.17, 15) is 19.2 Å². The standard InChI is InChI=1S/C22H28ClN3O6/c1-2-3-11-31-22-16(12-19(28)32-22)25-21(30)17-9-6-10-26(17)18(27)13-24-20(29)14-7-4-5-8-15(14)23/h4-5,7-8,16-17,22H,2-3,6,9-13H2,1H3,(H,24,29)(H,25,30)/t16-,17-,22-/m0/s1. The average molecular weight is 466 g/mol. The maximum absolute atomic E-state index is 12.9. The second kappa shape index (κ2) is 11.3. The first-order valence-corrected chi connectivity index (χ1v) is 11.2.